The summed E-state index contributed by atoms with van der Waals surface area (Å²) in [4.78, 5) is 35.0. The number of thiophene rings is 1. The van der Waals surface area contributed by atoms with Gasteiger partial charge in [-0.25, -0.2) is 0 Å². The van der Waals surface area contributed by atoms with E-state index >= 15 is 0 Å². The van der Waals surface area contributed by atoms with Crippen LogP contribution in [0.1, 0.15) is 31.8 Å². The molecule has 1 aromatic carbocycles. The van der Waals surface area contributed by atoms with Crippen LogP contribution in [0.3, 0.4) is 0 Å². The molecule has 26 heavy (non-hydrogen) atoms. The average molecular weight is 379 g/mol. The molecule has 0 aliphatic carbocycles. The first-order valence-electron chi connectivity index (χ1n) is 7.53. The largest absolute Gasteiger partial charge is 0.493 e. The summed E-state index contributed by atoms with van der Waals surface area (Å²) in [7, 11) is 1.45. The Morgan fingerprint density at radius 3 is 2.46 bits per heavy atom. The van der Waals surface area contributed by atoms with Crippen LogP contribution in [0.15, 0.2) is 24.3 Å². The predicted molar refractivity (Wildman–Crippen MR) is 94.8 cm³/mol. The molecule has 0 radical (unpaired) electrons. The van der Waals surface area contributed by atoms with Crippen LogP contribution in [-0.4, -0.2) is 30.5 Å². The van der Waals surface area contributed by atoms with Gasteiger partial charge in [0, 0.05) is 11.6 Å². The Morgan fingerprint density at radius 2 is 1.88 bits per heavy atom. The second kappa shape index (κ2) is 8.30. The SMILES string of the molecule is CCOc1ccc(C(=O)NNC(=O)c2cc([N+](=O)[O-])c(C)s2)cc1OC. The van der Waals surface area contributed by atoms with Crippen molar-refractivity contribution in [1.29, 1.82) is 0 Å². The predicted octanol–water partition coefficient (Wildman–Crippen LogP) is 2.45. The van der Waals surface area contributed by atoms with Crippen molar-refractivity contribution < 1.29 is 24.0 Å². The molecule has 2 amide bonds. The van der Waals surface area contributed by atoms with E-state index < -0.39 is 16.7 Å². The molecule has 10 heteroatoms. The third-order valence-corrected chi connectivity index (χ3v) is 4.37. The zero-order valence-electron chi connectivity index (χ0n) is 14.3. The fourth-order valence-corrected chi connectivity index (χ4v) is 2.98. The summed E-state index contributed by atoms with van der Waals surface area (Å²) >= 11 is 0.970. The number of nitrogens with zero attached hydrogens (tertiary/aromatic N) is 1. The van der Waals surface area contributed by atoms with E-state index in [1.54, 1.807) is 13.0 Å². The van der Waals surface area contributed by atoms with E-state index in [1.807, 2.05) is 6.92 Å². The average Bonchev–Trinajstić information content (AvgIpc) is 3.02. The Bertz CT molecular complexity index is 849. The third kappa shape index (κ3) is 4.28. The van der Waals surface area contributed by atoms with Crippen LogP contribution >= 0.6 is 11.3 Å². The lowest BCUT2D eigenvalue weighted by molar-refractivity contribution is -0.385. The molecule has 138 valence electrons. The maximum absolute atomic E-state index is 12.2. The second-order valence-corrected chi connectivity index (χ2v) is 6.27. The Hall–Kier alpha value is -3.14. The summed E-state index contributed by atoms with van der Waals surface area (Å²) in [6.45, 7) is 3.82. The number of hydrazine groups is 1. The number of amides is 2. The molecule has 2 aromatic rings. The monoisotopic (exact) mass is 379 g/mol. The van der Waals surface area contributed by atoms with Crippen molar-refractivity contribution >= 4 is 28.8 Å². The highest BCUT2D eigenvalue weighted by Crippen LogP contribution is 2.29. The topological polar surface area (TPSA) is 120 Å². The Kier molecular flexibility index (Phi) is 6.12. The van der Waals surface area contributed by atoms with E-state index in [-0.39, 0.29) is 16.1 Å². The highest BCUT2D eigenvalue weighted by atomic mass is 32.1. The van der Waals surface area contributed by atoms with E-state index in [4.69, 9.17) is 9.47 Å². The first kappa shape index (κ1) is 19.2. The fraction of sp³-hybridized carbons (Fsp3) is 0.250. The van der Waals surface area contributed by atoms with Gasteiger partial charge in [0.05, 0.1) is 23.5 Å². The van der Waals surface area contributed by atoms with Crippen LogP contribution in [0, 0.1) is 17.0 Å². The minimum atomic E-state index is -0.641. The van der Waals surface area contributed by atoms with E-state index in [1.165, 1.54) is 25.3 Å². The van der Waals surface area contributed by atoms with Crippen LogP contribution in [0.2, 0.25) is 0 Å². The van der Waals surface area contributed by atoms with Gasteiger partial charge in [0.2, 0.25) is 0 Å². The van der Waals surface area contributed by atoms with Crippen molar-refractivity contribution in [3.8, 4) is 11.5 Å². The smallest absolute Gasteiger partial charge is 0.283 e. The molecule has 0 aliphatic rings. The van der Waals surface area contributed by atoms with Crippen LogP contribution < -0.4 is 20.3 Å². The molecule has 9 nitrogen and oxygen atoms in total. The summed E-state index contributed by atoms with van der Waals surface area (Å²) in [6, 6.07) is 5.76. The van der Waals surface area contributed by atoms with Gasteiger partial charge in [-0.15, -0.1) is 11.3 Å². The summed E-state index contributed by atoms with van der Waals surface area (Å²) in [5, 5.41) is 10.8. The van der Waals surface area contributed by atoms with E-state index in [0.717, 1.165) is 11.3 Å². The lowest BCUT2D eigenvalue weighted by Crippen LogP contribution is -2.41. The van der Waals surface area contributed by atoms with Gasteiger partial charge in [-0.1, -0.05) is 0 Å². The van der Waals surface area contributed by atoms with Crippen molar-refractivity contribution in [3.05, 3.63) is 49.7 Å². The van der Waals surface area contributed by atoms with Crippen molar-refractivity contribution in [2.24, 2.45) is 0 Å². The van der Waals surface area contributed by atoms with Crippen LogP contribution in [0.5, 0.6) is 11.5 Å². The molecule has 0 unspecified atom stereocenters. The molecule has 0 atom stereocenters. The van der Waals surface area contributed by atoms with Crippen molar-refractivity contribution in [1.82, 2.24) is 10.9 Å². The van der Waals surface area contributed by atoms with E-state index in [9.17, 15) is 19.7 Å². The summed E-state index contributed by atoms with van der Waals surface area (Å²) in [6.07, 6.45) is 0. The molecular weight excluding hydrogens is 362 g/mol. The highest BCUT2D eigenvalue weighted by Gasteiger charge is 2.20. The van der Waals surface area contributed by atoms with Crippen molar-refractivity contribution in [2.75, 3.05) is 13.7 Å². The van der Waals surface area contributed by atoms with Gasteiger partial charge < -0.3 is 9.47 Å². The lowest BCUT2D eigenvalue weighted by Gasteiger charge is -2.11. The number of aryl methyl sites for hydroxylation is 1. The second-order valence-electron chi connectivity index (χ2n) is 5.02. The number of carbonyl (C=O) groups excluding carboxylic acids is 2. The summed E-state index contributed by atoms with van der Waals surface area (Å²) in [5.74, 6) is -0.327. The zero-order chi connectivity index (χ0) is 19.3. The van der Waals surface area contributed by atoms with E-state index in [0.29, 0.717) is 23.0 Å². The fourth-order valence-electron chi connectivity index (χ4n) is 2.10. The van der Waals surface area contributed by atoms with Gasteiger partial charge in [-0.2, -0.15) is 0 Å². The molecule has 2 N–H and O–H groups in total. The maximum Gasteiger partial charge on any atom is 0.283 e. The standard InChI is InChI=1S/C16H17N3O6S/c1-4-25-12-6-5-10(7-13(12)24-3)15(20)17-18-16(21)14-8-11(19(22)23)9(2)26-14/h5-8H,4H2,1-3H3,(H,17,20)(H,18,21). The number of methoxy groups -OCH3 is 1. The molecule has 0 fully saturated rings. The number of nitro groups is 1. The summed E-state index contributed by atoms with van der Waals surface area (Å²) in [5.41, 5.74) is 4.60. The van der Waals surface area contributed by atoms with Gasteiger partial charge in [0.15, 0.2) is 11.5 Å². The lowest BCUT2D eigenvalue weighted by atomic mass is 10.2. The van der Waals surface area contributed by atoms with Crippen LogP contribution in [0.4, 0.5) is 5.69 Å². The number of hydrogen-bond acceptors (Lipinski definition) is 7. The molecule has 0 bridgehead atoms. The van der Waals surface area contributed by atoms with Gasteiger partial charge in [0.25, 0.3) is 17.5 Å². The molecule has 2 rings (SSSR count). The zero-order valence-corrected chi connectivity index (χ0v) is 15.1. The first-order valence-corrected chi connectivity index (χ1v) is 8.35. The molecule has 0 spiro atoms. The quantitative estimate of drug-likeness (QED) is 0.588. The van der Waals surface area contributed by atoms with Gasteiger partial charge >= 0.3 is 0 Å². The van der Waals surface area contributed by atoms with Gasteiger partial charge in [-0.05, 0) is 32.0 Å². The molecule has 0 aliphatic heterocycles. The van der Waals surface area contributed by atoms with Crippen LogP contribution in [0.25, 0.3) is 0 Å². The normalized spacial score (nSPS) is 10.1. The van der Waals surface area contributed by atoms with Crippen LogP contribution in [-0.2, 0) is 0 Å². The first-order chi connectivity index (χ1) is 12.4. The summed E-state index contributed by atoms with van der Waals surface area (Å²) < 4.78 is 10.5. The molecular formula is C16H17N3O6S. The molecule has 1 aromatic heterocycles. The number of carbonyl (C=O) groups is 2. The van der Waals surface area contributed by atoms with Gasteiger partial charge in [-0.3, -0.25) is 30.6 Å². The van der Waals surface area contributed by atoms with Crippen molar-refractivity contribution in [3.63, 3.8) is 0 Å². The highest BCUT2D eigenvalue weighted by molar-refractivity contribution is 7.14. The Labute approximate surface area is 153 Å². The number of benzene rings is 1. The maximum atomic E-state index is 12.2. The Balaban J connectivity index is 2.05. The van der Waals surface area contributed by atoms with E-state index in [2.05, 4.69) is 10.9 Å². The minimum absolute atomic E-state index is 0.124. The van der Waals surface area contributed by atoms with Gasteiger partial charge in [0.1, 0.15) is 4.88 Å². The molecule has 0 saturated heterocycles. The third-order valence-electron chi connectivity index (χ3n) is 3.33. The Morgan fingerprint density at radius 1 is 1.19 bits per heavy atom. The number of hydrogen-bond donors (Lipinski definition) is 2. The number of rotatable bonds is 6. The minimum Gasteiger partial charge on any atom is -0.493 e. The molecule has 0 saturated carbocycles. The van der Waals surface area contributed by atoms with Crippen molar-refractivity contribution in [2.45, 2.75) is 13.8 Å². The number of nitrogens with one attached hydrogen (secondary N) is 2. The molecule has 1 heterocycles. The number of ether oxygens (including phenoxy) is 2.